The summed E-state index contributed by atoms with van der Waals surface area (Å²) in [5.74, 6) is 0.362. The lowest BCUT2D eigenvalue weighted by Crippen LogP contribution is -2.45. The largest absolute Gasteiger partial charge is 0.491 e. The molecule has 158 valence electrons. The van der Waals surface area contributed by atoms with E-state index in [-0.39, 0.29) is 19.2 Å². The van der Waals surface area contributed by atoms with Gasteiger partial charge < -0.3 is 10.1 Å². The molecule has 0 spiro atoms. The maximum Gasteiger partial charge on any atom is 0.241 e. The SMILES string of the molecule is Cc1ccccc1OC[C@@H](C)NC(=O)CN(c1cccc2ccccc12)S(C)(=O)=O. The van der Waals surface area contributed by atoms with Gasteiger partial charge in [-0.2, -0.15) is 0 Å². The smallest absolute Gasteiger partial charge is 0.241 e. The minimum Gasteiger partial charge on any atom is -0.491 e. The number of para-hydroxylation sites is 1. The minimum atomic E-state index is -3.66. The Bertz CT molecular complexity index is 1140. The Kier molecular flexibility index (Phi) is 6.62. The highest BCUT2D eigenvalue weighted by Gasteiger charge is 2.23. The van der Waals surface area contributed by atoms with E-state index in [1.54, 1.807) is 12.1 Å². The maximum atomic E-state index is 12.6. The average molecular weight is 427 g/mol. The van der Waals surface area contributed by atoms with Crippen molar-refractivity contribution in [2.24, 2.45) is 0 Å². The summed E-state index contributed by atoms with van der Waals surface area (Å²) < 4.78 is 31.8. The van der Waals surface area contributed by atoms with E-state index >= 15 is 0 Å². The highest BCUT2D eigenvalue weighted by molar-refractivity contribution is 7.92. The number of carbonyl (C=O) groups excluding carboxylic acids is 1. The van der Waals surface area contributed by atoms with Crippen LogP contribution in [0.25, 0.3) is 10.8 Å². The van der Waals surface area contributed by atoms with E-state index in [9.17, 15) is 13.2 Å². The van der Waals surface area contributed by atoms with Crippen molar-refractivity contribution in [2.75, 3.05) is 23.7 Å². The van der Waals surface area contributed by atoms with Crippen molar-refractivity contribution in [3.8, 4) is 5.75 Å². The van der Waals surface area contributed by atoms with Crippen LogP contribution < -0.4 is 14.4 Å². The molecule has 3 aromatic rings. The van der Waals surface area contributed by atoms with E-state index in [1.807, 2.05) is 68.4 Å². The topological polar surface area (TPSA) is 75.7 Å². The molecule has 0 aliphatic carbocycles. The van der Waals surface area contributed by atoms with E-state index in [0.29, 0.717) is 5.69 Å². The first kappa shape index (κ1) is 21.6. The Morgan fingerprint density at radius 2 is 1.70 bits per heavy atom. The molecule has 0 aliphatic heterocycles. The third-order valence-electron chi connectivity index (χ3n) is 4.71. The maximum absolute atomic E-state index is 12.6. The van der Waals surface area contributed by atoms with Gasteiger partial charge in [-0.25, -0.2) is 8.42 Å². The summed E-state index contributed by atoms with van der Waals surface area (Å²) in [5.41, 5.74) is 1.49. The molecule has 1 N–H and O–H groups in total. The zero-order chi connectivity index (χ0) is 21.7. The fourth-order valence-electron chi connectivity index (χ4n) is 3.23. The molecule has 6 nitrogen and oxygen atoms in total. The first-order chi connectivity index (χ1) is 14.3. The minimum absolute atomic E-state index is 0.281. The van der Waals surface area contributed by atoms with Crippen molar-refractivity contribution in [1.29, 1.82) is 0 Å². The molecule has 0 aromatic heterocycles. The van der Waals surface area contributed by atoms with Crippen molar-refractivity contribution >= 4 is 32.4 Å². The van der Waals surface area contributed by atoms with Crippen LogP contribution in [0.4, 0.5) is 5.69 Å². The number of hydrogen-bond donors (Lipinski definition) is 1. The zero-order valence-electron chi connectivity index (χ0n) is 17.3. The van der Waals surface area contributed by atoms with E-state index in [4.69, 9.17) is 4.74 Å². The van der Waals surface area contributed by atoms with Crippen LogP contribution in [-0.2, 0) is 14.8 Å². The Hall–Kier alpha value is -3.06. The van der Waals surface area contributed by atoms with Crippen molar-refractivity contribution in [1.82, 2.24) is 5.32 Å². The van der Waals surface area contributed by atoms with Crippen LogP contribution in [0.3, 0.4) is 0 Å². The molecule has 0 aliphatic rings. The second-order valence-electron chi connectivity index (χ2n) is 7.31. The molecule has 0 radical (unpaired) electrons. The molecular weight excluding hydrogens is 400 g/mol. The lowest BCUT2D eigenvalue weighted by molar-refractivity contribution is -0.120. The summed E-state index contributed by atoms with van der Waals surface area (Å²) in [6.07, 6.45) is 1.10. The van der Waals surface area contributed by atoms with Crippen molar-refractivity contribution in [3.63, 3.8) is 0 Å². The number of benzene rings is 3. The number of aryl methyl sites for hydroxylation is 1. The Labute approximate surface area is 177 Å². The fourth-order valence-corrected chi connectivity index (χ4v) is 4.10. The van der Waals surface area contributed by atoms with E-state index in [2.05, 4.69) is 5.32 Å². The predicted octanol–water partition coefficient (Wildman–Crippen LogP) is 3.50. The molecule has 0 saturated heterocycles. The lowest BCUT2D eigenvalue weighted by atomic mass is 10.1. The molecule has 1 atom stereocenters. The number of nitrogens with zero attached hydrogens (tertiary/aromatic N) is 1. The molecular formula is C23H26N2O4S. The summed E-state index contributed by atoms with van der Waals surface area (Å²) in [4.78, 5) is 12.6. The Morgan fingerprint density at radius 1 is 1.03 bits per heavy atom. The van der Waals surface area contributed by atoms with E-state index in [1.165, 1.54) is 0 Å². The van der Waals surface area contributed by atoms with E-state index < -0.39 is 15.9 Å². The number of fused-ring (bicyclic) bond motifs is 1. The van der Waals surface area contributed by atoms with Crippen LogP contribution in [0, 0.1) is 6.92 Å². The van der Waals surface area contributed by atoms with Crippen LogP contribution in [0.2, 0.25) is 0 Å². The normalized spacial score (nSPS) is 12.4. The zero-order valence-corrected chi connectivity index (χ0v) is 18.1. The summed E-state index contributed by atoms with van der Waals surface area (Å²) in [5, 5.41) is 4.50. The van der Waals surface area contributed by atoms with Crippen LogP contribution in [-0.4, -0.2) is 39.8 Å². The summed E-state index contributed by atoms with van der Waals surface area (Å²) >= 11 is 0. The molecule has 1 amide bonds. The number of hydrogen-bond acceptors (Lipinski definition) is 4. The van der Waals surface area contributed by atoms with Crippen molar-refractivity contribution < 1.29 is 17.9 Å². The van der Waals surface area contributed by atoms with Gasteiger partial charge in [0.1, 0.15) is 18.9 Å². The summed E-state index contributed by atoms with van der Waals surface area (Å²) in [6, 6.07) is 20.2. The van der Waals surface area contributed by atoms with Crippen LogP contribution in [0.15, 0.2) is 66.7 Å². The van der Waals surface area contributed by atoms with Gasteiger partial charge in [0.05, 0.1) is 18.0 Å². The van der Waals surface area contributed by atoms with Crippen LogP contribution >= 0.6 is 0 Å². The first-order valence-corrected chi connectivity index (χ1v) is 11.5. The van der Waals surface area contributed by atoms with Crippen LogP contribution in [0.5, 0.6) is 5.75 Å². The first-order valence-electron chi connectivity index (χ1n) is 9.69. The number of anilines is 1. The second-order valence-corrected chi connectivity index (χ2v) is 9.22. The third-order valence-corrected chi connectivity index (χ3v) is 5.84. The highest BCUT2D eigenvalue weighted by Crippen LogP contribution is 2.28. The van der Waals surface area contributed by atoms with Gasteiger partial charge in [0.15, 0.2) is 0 Å². The molecule has 7 heteroatoms. The highest BCUT2D eigenvalue weighted by atomic mass is 32.2. The summed E-state index contributed by atoms with van der Waals surface area (Å²) in [6.45, 7) is 3.75. The van der Waals surface area contributed by atoms with Crippen molar-refractivity contribution in [2.45, 2.75) is 19.9 Å². The monoisotopic (exact) mass is 426 g/mol. The molecule has 30 heavy (non-hydrogen) atoms. The molecule has 0 bridgehead atoms. The van der Waals surface area contributed by atoms with Gasteiger partial charge in [-0.1, -0.05) is 54.6 Å². The van der Waals surface area contributed by atoms with Gasteiger partial charge in [0.2, 0.25) is 15.9 Å². The number of ether oxygens (including phenoxy) is 1. The standard InChI is InChI=1S/C23H26N2O4S/c1-17-9-4-7-14-22(17)29-16-18(2)24-23(26)15-25(30(3,27)28)21-13-8-11-19-10-5-6-12-20(19)21/h4-14,18H,15-16H2,1-3H3,(H,24,26)/t18-/m1/s1. The third kappa shape index (κ3) is 5.30. The molecule has 0 heterocycles. The number of carbonyl (C=O) groups is 1. The molecule has 0 fully saturated rings. The summed E-state index contributed by atoms with van der Waals surface area (Å²) in [7, 11) is -3.66. The average Bonchev–Trinajstić information content (AvgIpc) is 2.70. The van der Waals surface area contributed by atoms with Gasteiger partial charge in [-0.3, -0.25) is 9.10 Å². The second kappa shape index (κ2) is 9.17. The van der Waals surface area contributed by atoms with Crippen LogP contribution in [0.1, 0.15) is 12.5 Å². The number of nitrogens with one attached hydrogen (secondary N) is 1. The lowest BCUT2D eigenvalue weighted by Gasteiger charge is -2.24. The Morgan fingerprint density at radius 3 is 2.43 bits per heavy atom. The molecule has 0 saturated carbocycles. The molecule has 0 unspecified atom stereocenters. The van der Waals surface area contributed by atoms with E-state index in [0.717, 1.165) is 32.6 Å². The van der Waals surface area contributed by atoms with Gasteiger partial charge in [0, 0.05) is 5.39 Å². The van der Waals surface area contributed by atoms with Gasteiger partial charge in [0.25, 0.3) is 0 Å². The van der Waals surface area contributed by atoms with Gasteiger partial charge in [-0.05, 0) is 36.9 Å². The molecule has 3 aromatic carbocycles. The fraction of sp³-hybridized carbons (Fsp3) is 0.261. The Balaban J connectivity index is 1.71. The number of sulfonamides is 1. The van der Waals surface area contributed by atoms with Crippen molar-refractivity contribution in [3.05, 3.63) is 72.3 Å². The quantitative estimate of drug-likeness (QED) is 0.598. The number of amides is 1. The van der Waals surface area contributed by atoms with Gasteiger partial charge >= 0.3 is 0 Å². The van der Waals surface area contributed by atoms with Gasteiger partial charge in [-0.15, -0.1) is 0 Å². The number of rotatable bonds is 8. The molecule has 3 rings (SSSR count). The predicted molar refractivity (Wildman–Crippen MR) is 120 cm³/mol.